The Morgan fingerprint density at radius 1 is 0.912 bits per heavy atom. The lowest BCUT2D eigenvalue weighted by molar-refractivity contribution is 0.102. The van der Waals surface area contributed by atoms with Crippen molar-refractivity contribution in [3.63, 3.8) is 0 Å². The molecule has 1 heterocycles. The number of fused-ring (bicyclic) bond motifs is 1. The molecule has 1 aromatic heterocycles. The van der Waals surface area contributed by atoms with Crippen molar-refractivity contribution in [1.29, 1.82) is 0 Å². The van der Waals surface area contributed by atoms with Crippen molar-refractivity contribution < 1.29 is 19.0 Å². The Morgan fingerprint density at radius 2 is 1.62 bits per heavy atom. The van der Waals surface area contributed by atoms with E-state index in [9.17, 15) is 4.79 Å². The van der Waals surface area contributed by atoms with Gasteiger partial charge < -0.3 is 19.5 Å². The third kappa shape index (κ3) is 4.27. The maximum absolute atomic E-state index is 13.6. The summed E-state index contributed by atoms with van der Waals surface area (Å²) in [5.41, 5.74) is 5.61. The van der Waals surface area contributed by atoms with Crippen LogP contribution in [0.2, 0.25) is 0 Å². The quantitative estimate of drug-likeness (QED) is 0.367. The van der Waals surface area contributed by atoms with Crippen LogP contribution in [0.4, 0.5) is 5.69 Å². The van der Waals surface area contributed by atoms with Crippen LogP contribution in [0.1, 0.15) is 28.4 Å². The van der Waals surface area contributed by atoms with Crippen molar-refractivity contribution >= 4 is 22.5 Å². The Morgan fingerprint density at radius 3 is 2.26 bits per heavy atom. The largest absolute Gasteiger partial charge is 0.493 e. The molecule has 4 aromatic rings. The summed E-state index contributed by atoms with van der Waals surface area (Å²) in [5.74, 6) is 1.35. The first kappa shape index (κ1) is 23.1. The summed E-state index contributed by atoms with van der Waals surface area (Å²) < 4.78 is 16.5. The van der Waals surface area contributed by atoms with Gasteiger partial charge in [-0.15, -0.1) is 0 Å². The number of benzene rings is 3. The highest BCUT2D eigenvalue weighted by molar-refractivity contribution is 6.13. The molecule has 0 saturated carbocycles. The topological polar surface area (TPSA) is 69.7 Å². The summed E-state index contributed by atoms with van der Waals surface area (Å²) >= 11 is 0. The fourth-order valence-electron chi connectivity index (χ4n) is 4.12. The van der Waals surface area contributed by atoms with E-state index < -0.39 is 0 Å². The average Bonchev–Trinajstić information content (AvgIpc) is 2.88. The minimum absolute atomic E-state index is 0.184. The first-order valence-corrected chi connectivity index (χ1v) is 11.1. The number of para-hydroxylation sites is 2. The van der Waals surface area contributed by atoms with Crippen molar-refractivity contribution in [1.82, 2.24) is 4.98 Å². The Hall–Kier alpha value is -4.06. The molecule has 1 amide bonds. The first-order chi connectivity index (χ1) is 16.5. The number of anilines is 1. The molecular weight excluding hydrogens is 428 g/mol. The van der Waals surface area contributed by atoms with Gasteiger partial charge in [-0.3, -0.25) is 4.79 Å². The molecule has 0 saturated heterocycles. The molecule has 0 unspecified atom stereocenters. The molecule has 0 aliphatic carbocycles. The van der Waals surface area contributed by atoms with E-state index >= 15 is 0 Å². The number of nitrogens with zero attached hydrogens (tertiary/aromatic N) is 1. The van der Waals surface area contributed by atoms with Crippen molar-refractivity contribution in [3.8, 4) is 28.5 Å². The summed E-state index contributed by atoms with van der Waals surface area (Å²) in [6.07, 6.45) is 0.824. The number of hydrogen-bond acceptors (Lipinski definition) is 5. The van der Waals surface area contributed by atoms with E-state index in [0.717, 1.165) is 39.7 Å². The molecule has 0 spiro atoms. The highest BCUT2D eigenvalue weighted by Gasteiger charge is 2.19. The zero-order valence-corrected chi connectivity index (χ0v) is 20.1. The number of amides is 1. The Kier molecular flexibility index (Phi) is 6.68. The molecule has 174 valence electrons. The van der Waals surface area contributed by atoms with Crippen molar-refractivity contribution in [2.75, 3.05) is 26.6 Å². The molecule has 3 aromatic carbocycles. The van der Waals surface area contributed by atoms with Crippen molar-refractivity contribution in [2.45, 2.75) is 20.3 Å². The number of carbonyl (C=O) groups is 1. The molecule has 0 atom stereocenters. The fourth-order valence-corrected chi connectivity index (χ4v) is 4.12. The second kappa shape index (κ2) is 9.83. The number of aryl methyl sites for hydroxylation is 2. The Balaban J connectivity index is 1.87. The van der Waals surface area contributed by atoms with Gasteiger partial charge >= 0.3 is 0 Å². The molecule has 0 bridgehead atoms. The van der Waals surface area contributed by atoms with Crippen molar-refractivity contribution in [2.24, 2.45) is 0 Å². The Bertz CT molecular complexity index is 1340. The van der Waals surface area contributed by atoms with Crippen LogP contribution in [0, 0.1) is 6.92 Å². The second-order valence-electron chi connectivity index (χ2n) is 7.90. The van der Waals surface area contributed by atoms with Crippen LogP contribution >= 0.6 is 0 Å². The van der Waals surface area contributed by atoms with E-state index in [1.54, 1.807) is 21.3 Å². The summed E-state index contributed by atoms with van der Waals surface area (Å²) in [7, 11) is 4.70. The minimum Gasteiger partial charge on any atom is -0.493 e. The number of pyridine rings is 1. The van der Waals surface area contributed by atoms with Gasteiger partial charge in [-0.1, -0.05) is 43.3 Å². The molecule has 0 radical (unpaired) electrons. The summed E-state index contributed by atoms with van der Waals surface area (Å²) in [4.78, 5) is 18.4. The summed E-state index contributed by atoms with van der Waals surface area (Å²) in [5, 5.41) is 3.92. The minimum atomic E-state index is -0.184. The van der Waals surface area contributed by atoms with Crippen LogP contribution in [0.15, 0.2) is 60.7 Å². The molecule has 4 rings (SSSR count). The monoisotopic (exact) mass is 456 g/mol. The van der Waals surface area contributed by atoms with Gasteiger partial charge in [0.05, 0.1) is 38.1 Å². The number of methoxy groups -OCH3 is 3. The number of carbonyl (C=O) groups excluding carboxylic acids is 1. The van der Waals surface area contributed by atoms with E-state index in [1.165, 1.54) is 0 Å². The molecule has 6 nitrogen and oxygen atoms in total. The normalized spacial score (nSPS) is 10.7. The number of nitrogens with one attached hydrogen (secondary N) is 1. The maximum atomic E-state index is 13.6. The lowest BCUT2D eigenvalue weighted by Gasteiger charge is -2.16. The lowest BCUT2D eigenvalue weighted by Crippen LogP contribution is -2.15. The maximum Gasteiger partial charge on any atom is 0.256 e. The number of aromatic nitrogens is 1. The van der Waals surface area contributed by atoms with Crippen LogP contribution in [-0.4, -0.2) is 32.2 Å². The standard InChI is InChI=1S/C28H28N2O4/c1-6-18-11-9-10-17(2)26(18)30-28(31)21-16-23(29-22-13-8-7-12-20(21)22)19-14-24(32-3)27(34-5)25(15-19)33-4/h7-16H,6H2,1-5H3,(H,30,31). The van der Waals surface area contributed by atoms with Gasteiger partial charge in [0.15, 0.2) is 11.5 Å². The van der Waals surface area contributed by atoms with Crippen molar-refractivity contribution in [3.05, 3.63) is 77.4 Å². The molecular formula is C28H28N2O4. The van der Waals surface area contributed by atoms with Gasteiger partial charge in [0.2, 0.25) is 5.75 Å². The fraction of sp³-hybridized carbons (Fsp3) is 0.214. The number of rotatable bonds is 7. The van der Waals surface area contributed by atoms with Gasteiger partial charge in [0, 0.05) is 16.6 Å². The van der Waals surface area contributed by atoms with Crippen LogP contribution < -0.4 is 19.5 Å². The van der Waals surface area contributed by atoms with E-state index in [0.29, 0.717) is 28.5 Å². The van der Waals surface area contributed by atoms with Gasteiger partial charge in [0.25, 0.3) is 5.91 Å². The molecule has 0 aliphatic rings. The van der Waals surface area contributed by atoms with Crippen LogP contribution in [0.25, 0.3) is 22.2 Å². The van der Waals surface area contributed by atoms with Crippen LogP contribution in [0.5, 0.6) is 17.2 Å². The molecule has 6 heteroatoms. The summed E-state index contributed by atoms with van der Waals surface area (Å²) in [6, 6.07) is 19.1. The molecule has 34 heavy (non-hydrogen) atoms. The average molecular weight is 457 g/mol. The highest BCUT2D eigenvalue weighted by Crippen LogP contribution is 2.41. The first-order valence-electron chi connectivity index (χ1n) is 11.1. The third-order valence-corrected chi connectivity index (χ3v) is 5.90. The van der Waals surface area contributed by atoms with E-state index in [1.807, 2.05) is 67.6 Å². The number of ether oxygens (including phenoxy) is 3. The second-order valence-corrected chi connectivity index (χ2v) is 7.90. The van der Waals surface area contributed by atoms with Gasteiger partial charge in [0.1, 0.15) is 0 Å². The van der Waals surface area contributed by atoms with Gasteiger partial charge in [-0.2, -0.15) is 0 Å². The molecule has 0 aliphatic heterocycles. The lowest BCUT2D eigenvalue weighted by atomic mass is 10.0. The molecule has 1 N–H and O–H groups in total. The van der Waals surface area contributed by atoms with E-state index in [2.05, 4.69) is 12.2 Å². The zero-order chi connectivity index (χ0) is 24.2. The van der Waals surface area contributed by atoms with Crippen LogP contribution in [0.3, 0.4) is 0 Å². The van der Waals surface area contributed by atoms with Gasteiger partial charge in [-0.25, -0.2) is 4.98 Å². The number of hydrogen-bond donors (Lipinski definition) is 1. The van der Waals surface area contributed by atoms with E-state index in [4.69, 9.17) is 19.2 Å². The van der Waals surface area contributed by atoms with Gasteiger partial charge in [-0.05, 0) is 48.7 Å². The molecule has 0 fully saturated rings. The predicted molar refractivity (Wildman–Crippen MR) is 135 cm³/mol. The zero-order valence-electron chi connectivity index (χ0n) is 20.1. The third-order valence-electron chi connectivity index (χ3n) is 5.90. The smallest absolute Gasteiger partial charge is 0.256 e. The predicted octanol–water partition coefficient (Wildman–Crippen LogP) is 6.05. The SMILES string of the molecule is CCc1cccc(C)c1NC(=O)c1cc(-c2cc(OC)c(OC)c(OC)c2)nc2ccccc12. The van der Waals surface area contributed by atoms with Crippen LogP contribution in [-0.2, 0) is 6.42 Å². The highest BCUT2D eigenvalue weighted by atomic mass is 16.5. The Labute approximate surface area is 199 Å². The van der Waals surface area contributed by atoms with E-state index in [-0.39, 0.29) is 5.91 Å². The summed E-state index contributed by atoms with van der Waals surface area (Å²) in [6.45, 7) is 4.08.